The summed E-state index contributed by atoms with van der Waals surface area (Å²) in [5, 5.41) is 8.10. The van der Waals surface area contributed by atoms with Crippen LogP contribution in [0.2, 0.25) is 0 Å². The lowest BCUT2D eigenvalue weighted by atomic mass is 9.74. The Balaban J connectivity index is 2.31. The van der Waals surface area contributed by atoms with E-state index in [1.54, 1.807) is 0 Å². The molecule has 20 heavy (non-hydrogen) atoms. The molecule has 3 heteroatoms. The van der Waals surface area contributed by atoms with E-state index >= 15 is 0 Å². The van der Waals surface area contributed by atoms with Gasteiger partial charge in [0.2, 0.25) is 0 Å². The monoisotopic (exact) mass is 271 g/mol. The Morgan fingerprint density at radius 2 is 1.90 bits per heavy atom. The molecule has 1 N–H and O–H groups in total. The van der Waals surface area contributed by atoms with Crippen molar-refractivity contribution in [3.8, 4) is 0 Å². The number of nitrogens with zero attached hydrogens (tertiary/aromatic N) is 2. The van der Waals surface area contributed by atoms with E-state index in [1.807, 2.05) is 17.9 Å². The van der Waals surface area contributed by atoms with Crippen LogP contribution in [0.3, 0.4) is 0 Å². The Morgan fingerprint density at radius 1 is 1.15 bits per heavy atom. The van der Waals surface area contributed by atoms with Crippen molar-refractivity contribution in [3.05, 3.63) is 53.9 Å². The van der Waals surface area contributed by atoms with Crippen molar-refractivity contribution in [2.24, 2.45) is 7.05 Å². The Morgan fingerprint density at radius 3 is 2.45 bits per heavy atom. The number of rotatable bonds is 7. The number of nitrogens with one attached hydrogen (secondary N) is 1. The first-order valence-corrected chi connectivity index (χ1v) is 7.45. The highest BCUT2D eigenvalue weighted by atomic mass is 15.2. The molecule has 0 saturated carbocycles. The van der Waals surface area contributed by atoms with E-state index in [1.165, 1.54) is 5.56 Å². The third-order valence-electron chi connectivity index (χ3n) is 4.06. The highest BCUT2D eigenvalue weighted by molar-refractivity contribution is 5.28. The van der Waals surface area contributed by atoms with Gasteiger partial charge in [-0.15, -0.1) is 0 Å². The highest BCUT2D eigenvalue weighted by Gasteiger charge is 2.30. The van der Waals surface area contributed by atoms with E-state index in [0.29, 0.717) is 0 Å². The van der Waals surface area contributed by atoms with Crippen LogP contribution in [-0.4, -0.2) is 22.9 Å². The molecular weight excluding hydrogens is 246 g/mol. The van der Waals surface area contributed by atoms with Gasteiger partial charge in [-0.05, 0) is 24.6 Å². The van der Waals surface area contributed by atoms with Crippen LogP contribution in [0.4, 0.5) is 0 Å². The summed E-state index contributed by atoms with van der Waals surface area (Å²) in [4.78, 5) is 0. The molecule has 1 heterocycles. The van der Waals surface area contributed by atoms with Gasteiger partial charge in [-0.1, -0.05) is 44.2 Å². The number of aromatic nitrogens is 2. The smallest absolute Gasteiger partial charge is 0.0633 e. The van der Waals surface area contributed by atoms with Crippen LogP contribution in [0.25, 0.3) is 0 Å². The lowest BCUT2D eigenvalue weighted by Crippen LogP contribution is -2.40. The zero-order chi connectivity index (χ0) is 14.4. The maximum atomic E-state index is 4.57. The number of benzene rings is 1. The van der Waals surface area contributed by atoms with Gasteiger partial charge >= 0.3 is 0 Å². The molecule has 0 aliphatic rings. The van der Waals surface area contributed by atoms with Crippen LogP contribution < -0.4 is 5.32 Å². The first kappa shape index (κ1) is 14.8. The molecule has 0 fully saturated rings. The molecule has 0 aliphatic carbocycles. The van der Waals surface area contributed by atoms with Gasteiger partial charge in [-0.3, -0.25) is 4.68 Å². The number of hydrogen-bond donors (Lipinski definition) is 1. The fourth-order valence-corrected chi connectivity index (χ4v) is 2.78. The molecule has 1 aromatic carbocycles. The van der Waals surface area contributed by atoms with Gasteiger partial charge in [0.1, 0.15) is 0 Å². The average Bonchev–Trinajstić information content (AvgIpc) is 2.89. The molecule has 0 spiro atoms. The molecule has 3 nitrogen and oxygen atoms in total. The molecule has 1 atom stereocenters. The lowest BCUT2D eigenvalue weighted by Gasteiger charge is -2.33. The summed E-state index contributed by atoms with van der Waals surface area (Å²) in [6.45, 7) is 6.41. The maximum Gasteiger partial charge on any atom is 0.0633 e. The number of aryl methyl sites for hydroxylation is 1. The van der Waals surface area contributed by atoms with Crippen LogP contribution in [0.1, 0.15) is 31.5 Å². The van der Waals surface area contributed by atoms with E-state index in [2.05, 4.69) is 60.7 Å². The Bertz CT molecular complexity index is 518. The first-order chi connectivity index (χ1) is 9.70. The summed E-state index contributed by atoms with van der Waals surface area (Å²) in [6.07, 6.45) is 4.09. The second kappa shape index (κ2) is 6.71. The molecule has 0 amide bonds. The third kappa shape index (κ3) is 3.28. The number of hydrogen-bond acceptors (Lipinski definition) is 2. The van der Waals surface area contributed by atoms with Crippen molar-refractivity contribution >= 4 is 0 Å². The molecular formula is C17H25N3. The molecule has 108 valence electrons. The normalized spacial score (nSPS) is 14.2. The molecule has 0 bridgehead atoms. The van der Waals surface area contributed by atoms with Gasteiger partial charge in [-0.25, -0.2) is 0 Å². The third-order valence-corrected chi connectivity index (χ3v) is 4.06. The van der Waals surface area contributed by atoms with Crippen molar-refractivity contribution in [1.82, 2.24) is 15.1 Å². The first-order valence-electron chi connectivity index (χ1n) is 7.45. The zero-order valence-electron chi connectivity index (χ0n) is 12.8. The topological polar surface area (TPSA) is 29.9 Å². The van der Waals surface area contributed by atoms with Crippen molar-refractivity contribution in [1.29, 1.82) is 0 Å². The fourth-order valence-electron chi connectivity index (χ4n) is 2.78. The van der Waals surface area contributed by atoms with Gasteiger partial charge < -0.3 is 5.32 Å². The Hall–Kier alpha value is -1.61. The summed E-state index contributed by atoms with van der Waals surface area (Å²) in [6, 6.07) is 12.9. The summed E-state index contributed by atoms with van der Waals surface area (Å²) < 4.78 is 1.88. The van der Waals surface area contributed by atoms with Crippen molar-refractivity contribution < 1.29 is 0 Å². The predicted molar refractivity (Wildman–Crippen MR) is 83.9 cm³/mol. The van der Waals surface area contributed by atoms with E-state index in [0.717, 1.165) is 31.6 Å². The average molecular weight is 271 g/mol. The minimum absolute atomic E-state index is 0.117. The molecule has 1 aromatic heterocycles. The van der Waals surface area contributed by atoms with E-state index < -0.39 is 0 Å². The van der Waals surface area contributed by atoms with Crippen molar-refractivity contribution in [2.45, 2.75) is 32.1 Å². The second-order valence-electron chi connectivity index (χ2n) is 5.44. The zero-order valence-corrected chi connectivity index (χ0v) is 12.8. The number of likely N-dealkylation sites (N-methyl/N-ethyl adjacent to an activating group) is 1. The van der Waals surface area contributed by atoms with Crippen molar-refractivity contribution in [3.63, 3.8) is 0 Å². The Kier molecular flexibility index (Phi) is 4.96. The van der Waals surface area contributed by atoms with Crippen LogP contribution in [-0.2, 0) is 18.9 Å². The van der Waals surface area contributed by atoms with Gasteiger partial charge in [0.25, 0.3) is 0 Å². The summed E-state index contributed by atoms with van der Waals surface area (Å²) in [7, 11) is 1.98. The van der Waals surface area contributed by atoms with Crippen LogP contribution >= 0.6 is 0 Å². The van der Waals surface area contributed by atoms with Gasteiger partial charge in [-0.2, -0.15) is 5.10 Å². The fraction of sp³-hybridized carbons (Fsp3) is 0.471. The quantitative estimate of drug-likeness (QED) is 0.839. The molecule has 0 aliphatic heterocycles. The molecule has 0 radical (unpaired) electrons. The van der Waals surface area contributed by atoms with Crippen LogP contribution in [0.15, 0.2) is 42.6 Å². The molecule has 0 saturated heterocycles. The molecule has 2 aromatic rings. The van der Waals surface area contributed by atoms with Gasteiger partial charge in [0, 0.05) is 31.6 Å². The largest absolute Gasteiger partial charge is 0.316 e. The summed E-state index contributed by atoms with van der Waals surface area (Å²) >= 11 is 0. The van der Waals surface area contributed by atoms with Crippen molar-refractivity contribution in [2.75, 3.05) is 13.1 Å². The molecule has 2 rings (SSSR count). The van der Waals surface area contributed by atoms with Gasteiger partial charge in [0.05, 0.1) is 5.69 Å². The molecule has 1 unspecified atom stereocenters. The minimum atomic E-state index is 0.117. The predicted octanol–water partition coefficient (Wildman–Crippen LogP) is 2.92. The minimum Gasteiger partial charge on any atom is -0.316 e. The van der Waals surface area contributed by atoms with Crippen LogP contribution in [0, 0.1) is 0 Å². The van der Waals surface area contributed by atoms with E-state index in [4.69, 9.17) is 0 Å². The SMILES string of the molecule is CCNCC(CC)(Cc1ccn(C)n1)c1ccccc1. The van der Waals surface area contributed by atoms with Crippen LogP contribution in [0.5, 0.6) is 0 Å². The highest BCUT2D eigenvalue weighted by Crippen LogP contribution is 2.31. The standard InChI is InChI=1S/C17H25N3/c1-4-17(14-18-5-2,15-9-7-6-8-10-15)13-16-11-12-20(3)19-16/h6-12,18H,4-5,13-14H2,1-3H3. The maximum absolute atomic E-state index is 4.57. The van der Waals surface area contributed by atoms with Gasteiger partial charge in [0.15, 0.2) is 0 Å². The Labute approximate surface area is 122 Å². The summed E-state index contributed by atoms with van der Waals surface area (Å²) in [5.41, 5.74) is 2.68. The second-order valence-corrected chi connectivity index (χ2v) is 5.44. The van der Waals surface area contributed by atoms with E-state index in [-0.39, 0.29) is 5.41 Å². The van der Waals surface area contributed by atoms with E-state index in [9.17, 15) is 0 Å². The lowest BCUT2D eigenvalue weighted by molar-refractivity contribution is 0.377. The summed E-state index contributed by atoms with van der Waals surface area (Å²) in [5.74, 6) is 0.